The lowest BCUT2D eigenvalue weighted by molar-refractivity contribution is 0.102. The van der Waals surface area contributed by atoms with E-state index in [-0.39, 0.29) is 6.09 Å². The number of carbonyl (C=O) groups is 1. The highest BCUT2D eigenvalue weighted by Crippen LogP contribution is 2.19. The van der Waals surface area contributed by atoms with Crippen molar-refractivity contribution < 1.29 is 9.53 Å². The van der Waals surface area contributed by atoms with Crippen molar-refractivity contribution in [2.24, 2.45) is 5.10 Å². The molecule has 0 spiro atoms. The first-order valence-electron chi connectivity index (χ1n) is 7.29. The van der Waals surface area contributed by atoms with Gasteiger partial charge in [-0.25, -0.2) is 4.79 Å². The van der Waals surface area contributed by atoms with E-state index in [2.05, 4.69) is 27.6 Å². The molecule has 2 heterocycles. The summed E-state index contributed by atoms with van der Waals surface area (Å²) in [6.45, 7) is 5.39. The van der Waals surface area contributed by atoms with Crippen LogP contribution in [0.1, 0.15) is 37.9 Å². The van der Waals surface area contributed by atoms with Crippen molar-refractivity contribution in [3.8, 4) is 0 Å². The molecule has 1 aliphatic heterocycles. The molecule has 0 aliphatic carbocycles. The van der Waals surface area contributed by atoms with Crippen LogP contribution >= 0.6 is 0 Å². The molecule has 0 radical (unpaired) electrons. The SMILES string of the molecule is CCCC=NNc1cc2c(nn1)CCN(C(=O)OCC)C2. The zero-order valence-corrected chi connectivity index (χ0v) is 12.5. The van der Waals surface area contributed by atoms with E-state index in [4.69, 9.17) is 4.74 Å². The monoisotopic (exact) mass is 291 g/mol. The lowest BCUT2D eigenvalue weighted by atomic mass is 10.1. The molecular formula is C14H21N5O2. The van der Waals surface area contributed by atoms with Crippen LogP contribution in [0.25, 0.3) is 0 Å². The third-order valence-corrected chi connectivity index (χ3v) is 3.15. The van der Waals surface area contributed by atoms with E-state index in [0.717, 1.165) is 24.1 Å². The first-order valence-corrected chi connectivity index (χ1v) is 7.29. The van der Waals surface area contributed by atoms with Crippen LogP contribution in [-0.2, 0) is 17.7 Å². The summed E-state index contributed by atoms with van der Waals surface area (Å²) >= 11 is 0. The number of aromatic nitrogens is 2. The van der Waals surface area contributed by atoms with E-state index in [1.54, 1.807) is 11.8 Å². The van der Waals surface area contributed by atoms with Crippen LogP contribution in [0.4, 0.5) is 10.6 Å². The fraction of sp³-hybridized carbons (Fsp3) is 0.571. The summed E-state index contributed by atoms with van der Waals surface area (Å²) in [5.74, 6) is 0.590. The van der Waals surface area contributed by atoms with Crippen molar-refractivity contribution in [1.29, 1.82) is 0 Å². The van der Waals surface area contributed by atoms with Crippen LogP contribution in [0.15, 0.2) is 11.2 Å². The maximum Gasteiger partial charge on any atom is 0.410 e. The topological polar surface area (TPSA) is 79.7 Å². The van der Waals surface area contributed by atoms with Gasteiger partial charge in [0.05, 0.1) is 18.8 Å². The minimum Gasteiger partial charge on any atom is -0.450 e. The minimum absolute atomic E-state index is 0.282. The molecule has 0 bridgehead atoms. The standard InChI is InChI=1S/C14H21N5O2/c1-3-5-7-15-17-13-9-11-10-19(14(20)21-4-2)8-6-12(11)16-18-13/h7,9H,3-6,8,10H2,1-2H3,(H,17,18). The molecule has 1 aliphatic rings. The Morgan fingerprint density at radius 1 is 1.52 bits per heavy atom. The van der Waals surface area contributed by atoms with Crippen molar-refractivity contribution in [1.82, 2.24) is 15.1 Å². The van der Waals surface area contributed by atoms with Crippen LogP contribution < -0.4 is 5.43 Å². The second-order valence-electron chi connectivity index (χ2n) is 4.78. The fourth-order valence-corrected chi connectivity index (χ4v) is 2.06. The molecule has 0 saturated carbocycles. The predicted octanol–water partition coefficient (Wildman–Crippen LogP) is 2.19. The van der Waals surface area contributed by atoms with Gasteiger partial charge in [-0.05, 0) is 25.0 Å². The van der Waals surface area contributed by atoms with E-state index in [1.165, 1.54) is 0 Å². The molecule has 1 N–H and O–H groups in total. The molecule has 0 saturated heterocycles. The molecule has 2 rings (SSSR count). The fourth-order valence-electron chi connectivity index (χ4n) is 2.06. The number of unbranched alkanes of at least 4 members (excludes halogenated alkanes) is 1. The Kier molecular flexibility index (Phi) is 5.48. The molecular weight excluding hydrogens is 270 g/mol. The van der Waals surface area contributed by atoms with Crippen LogP contribution in [0.2, 0.25) is 0 Å². The van der Waals surface area contributed by atoms with Crippen molar-refractivity contribution >= 4 is 18.1 Å². The zero-order chi connectivity index (χ0) is 15.1. The van der Waals surface area contributed by atoms with Gasteiger partial charge in [-0.2, -0.15) is 10.2 Å². The van der Waals surface area contributed by atoms with E-state index in [1.807, 2.05) is 12.3 Å². The Hall–Kier alpha value is -2.18. The Bertz CT molecular complexity index is 518. The van der Waals surface area contributed by atoms with E-state index < -0.39 is 0 Å². The highest BCUT2D eigenvalue weighted by Gasteiger charge is 2.23. The number of anilines is 1. The highest BCUT2D eigenvalue weighted by molar-refractivity contribution is 5.68. The summed E-state index contributed by atoms with van der Waals surface area (Å²) in [6.07, 6.45) is 4.19. The molecule has 21 heavy (non-hydrogen) atoms. The van der Waals surface area contributed by atoms with Gasteiger partial charge in [-0.15, -0.1) is 5.10 Å². The van der Waals surface area contributed by atoms with Gasteiger partial charge >= 0.3 is 6.09 Å². The molecule has 7 nitrogen and oxygen atoms in total. The van der Waals surface area contributed by atoms with E-state index in [0.29, 0.717) is 31.9 Å². The van der Waals surface area contributed by atoms with Gasteiger partial charge in [0.1, 0.15) is 0 Å². The number of nitrogens with one attached hydrogen (secondary N) is 1. The average Bonchev–Trinajstić information content (AvgIpc) is 2.51. The molecule has 7 heteroatoms. The van der Waals surface area contributed by atoms with E-state index >= 15 is 0 Å². The first kappa shape index (κ1) is 15.2. The maximum atomic E-state index is 11.8. The summed E-state index contributed by atoms with van der Waals surface area (Å²) < 4.78 is 5.03. The summed E-state index contributed by atoms with van der Waals surface area (Å²) in [4.78, 5) is 13.4. The molecule has 1 aromatic rings. The third-order valence-electron chi connectivity index (χ3n) is 3.15. The molecule has 0 fully saturated rings. The van der Waals surface area contributed by atoms with Crippen molar-refractivity contribution in [2.75, 3.05) is 18.6 Å². The van der Waals surface area contributed by atoms with Crippen LogP contribution in [0.5, 0.6) is 0 Å². The number of amides is 1. The largest absolute Gasteiger partial charge is 0.450 e. The van der Waals surface area contributed by atoms with Crippen molar-refractivity contribution in [2.45, 2.75) is 39.7 Å². The Morgan fingerprint density at radius 3 is 3.14 bits per heavy atom. The lowest BCUT2D eigenvalue weighted by Crippen LogP contribution is -2.36. The zero-order valence-electron chi connectivity index (χ0n) is 12.5. The van der Waals surface area contributed by atoms with Crippen LogP contribution in [0, 0.1) is 0 Å². The quantitative estimate of drug-likeness (QED) is 0.664. The second kappa shape index (κ2) is 7.56. The Labute approximate surface area is 124 Å². The molecule has 1 aromatic heterocycles. The van der Waals surface area contributed by atoms with Gasteiger partial charge in [0.15, 0.2) is 5.82 Å². The number of ether oxygens (including phenoxy) is 1. The summed E-state index contributed by atoms with van der Waals surface area (Å²) in [6, 6.07) is 1.89. The Balaban J connectivity index is 2.02. The summed E-state index contributed by atoms with van der Waals surface area (Å²) in [5, 5.41) is 12.4. The third kappa shape index (κ3) is 4.14. The van der Waals surface area contributed by atoms with Gasteiger partial charge in [-0.1, -0.05) is 13.3 Å². The number of carbonyl (C=O) groups excluding carboxylic acids is 1. The molecule has 114 valence electrons. The van der Waals surface area contributed by atoms with Gasteiger partial charge in [0.2, 0.25) is 0 Å². The summed E-state index contributed by atoms with van der Waals surface area (Å²) in [5.41, 5.74) is 4.77. The average molecular weight is 291 g/mol. The smallest absolute Gasteiger partial charge is 0.410 e. The number of hydrogen-bond donors (Lipinski definition) is 1. The molecule has 1 amide bonds. The van der Waals surface area contributed by atoms with Crippen LogP contribution in [0.3, 0.4) is 0 Å². The number of fused-ring (bicyclic) bond motifs is 1. The normalized spacial score (nSPS) is 14.1. The highest BCUT2D eigenvalue weighted by atomic mass is 16.6. The molecule has 0 unspecified atom stereocenters. The number of hydrazone groups is 1. The second-order valence-corrected chi connectivity index (χ2v) is 4.78. The van der Waals surface area contributed by atoms with Crippen LogP contribution in [-0.4, -0.2) is 40.6 Å². The molecule has 0 aromatic carbocycles. The maximum absolute atomic E-state index is 11.8. The van der Waals surface area contributed by atoms with E-state index in [9.17, 15) is 4.79 Å². The molecule has 0 atom stereocenters. The van der Waals surface area contributed by atoms with Crippen molar-refractivity contribution in [3.63, 3.8) is 0 Å². The van der Waals surface area contributed by atoms with Gasteiger partial charge < -0.3 is 9.64 Å². The lowest BCUT2D eigenvalue weighted by Gasteiger charge is -2.27. The van der Waals surface area contributed by atoms with Gasteiger partial charge in [0, 0.05) is 19.2 Å². The number of hydrogen-bond acceptors (Lipinski definition) is 6. The minimum atomic E-state index is -0.282. The first-order chi connectivity index (χ1) is 10.2. The number of rotatable bonds is 5. The van der Waals surface area contributed by atoms with Gasteiger partial charge in [0.25, 0.3) is 0 Å². The predicted molar refractivity (Wildman–Crippen MR) is 80.2 cm³/mol. The van der Waals surface area contributed by atoms with Gasteiger partial charge in [-0.3, -0.25) is 5.43 Å². The summed E-state index contributed by atoms with van der Waals surface area (Å²) in [7, 11) is 0. The van der Waals surface area contributed by atoms with Crippen molar-refractivity contribution in [3.05, 3.63) is 17.3 Å². The number of nitrogens with zero attached hydrogens (tertiary/aromatic N) is 4. The Morgan fingerprint density at radius 2 is 2.38 bits per heavy atom.